The van der Waals surface area contributed by atoms with Crippen LogP contribution in [0.4, 0.5) is 0 Å². The SMILES string of the molecule is NCC[C@@H](N)c1c2ccccc2cc2ccccc12. The van der Waals surface area contributed by atoms with Gasteiger partial charge in [0.25, 0.3) is 0 Å². The molecule has 0 unspecified atom stereocenters. The highest BCUT2D eigenvalue weighted by molar-refractivity contribution is 6.02. The third kappa shape index (κ3) is 2.09. The monoisotopic (exact) mass is 250 g/mol. The van der Waals surface area contributed by atoms with E-state index in [1.807, 2.05) is 0 Å². The van der Waals surface area contributed by atoms with Gasteiger partial charge in [-0.2, -0.15) is 0 Å². The molecule has 1 atom stereocenters. The van der Waals surface area contributed by atoms with Gasteiger partial charge < -0.3 is 11.5 Å². The molecule has 2 nitrogen and oxygen atoms in total. The Morgan fingerprint density at radius 1 is 0.842 bits per heavy atom. The van der Waals surface area contributed by atoms with Gasteiger partial charge in [0.1, 0.15) is 0 Å². The molecule has 3 aromatic rings. The van der Waals surface area contributed by atoms with Gasteiger partial charge in [-0.05, 0) is 46.1 Å². The van der Waals surface area contributed by atoms with E-state index < -0.39 is 0 Å². The molecule has 0 aromatic heterocycles. The highest BCUT2D eigenvalue weighted by Crippen LogP contribution is 2.32. The summed E-state index contributed by atoms with van der Waals surface area (Å²) < 4.78 is 0. The molecule has 0 fully saturated rings. The van der Waals surface area contributed by atoms with E-state index in [0.717, 1.165) is 6.42 Å². The molecule has 0 spiro atoms. The van der Waals surface area contributed by atoms with Crippen LogP contribution in [0.15, 0.2) is 54.6 Å². The second-order valence-corrected chi connectivity index (χ2v) is 4.92. The van der Waals surface area contributed by atoms with Crippen LogP contribution in [-0.2, 0) is 0 Å². The summed E-state index contributed by atoms with van der Waals surface area (Å²) in [7, 11) is 0. The lowest BCUT2D eigenvalue weighted by molar-refractivity contribution is 0.670. The Balaban J connectivity index is 2.39. The lowest BCUT2D eigenvalue weighted by Gasteiger charge is -2.17. The summed E-state index contributed by atoms with van der Waals surface area (Å²) in [6.07, 6.45) is 0.804. The van der Waals surface area contributed by atoms with Crippen LogP contribution in [0.25, 0.3) is 21.5 Å². The molecule has 2 heteroatoms. The molecule has 3 rings (SSSR count). The Morgan fingerprint density at radius 2 is 1.37 bits per heavy atom. The molecule has 19 heavy (non-hydrogen) atoms. The number of hydrogen-bond donors (Lipinski definition) is 2. The van der Waals surface area contributed by atoms with Crippen LogP contribution < -0.4 is 11.5 Å². The van der Waals surface area contributed by atoms with E-state index in [2.05, 4.69) is 54.6 Å². The smallest absolute Gasteiger partial charge is 0.0319 e. The zero-order valence-electron chi connectivity index (χ0n) is 10.8. The summed E-state index contributed by atoms with van der Waals surface area (Å²) in [5, 5.41) is 4.96. The van der Waals surface area contributed by atoms with Crippen molar-refractivity contribution >= 4 is 21.5 Å². The second-order valence-electron chi connectivity index (χ2n) is 4.92. The van der Waals surface area contributed by atoms with Crippen molar-refractivity contribution in [3.63, 3.8) is 0 Å². The number of benzene rings is 3. The van der Waals surface area contributed by atoms with Gasteiger partial charge in [-0.25, -0.2) is 0 Å². The molecule has 0 bridgehead atoms. The van der Waals surface area contributed by atoms with Crippen LogP contribution in [0.2, 0.25) is 0 Å². The number of fused-ring (bicyclic) bond motifs is 2. The molecule has 0 heterocycles. The van der Waals surface area contributed by atoms with E-state index in [9.17, 15) is 0 Å². The Hall–Kier alpha value is -1.90. The normalized spacial score (nSPS) is 12.9. The first-order chi connectivity index (χ1) is 9.31. The largest absolute Gasteiger partial charge is 0.330 e. The van der Waals surface area contributed by atoms with Gasteiger partial charge in [0, 0.05) is 6.04 Å². The summed E-state index contributed by atoms with van der Waals surface area (Å²) >= 11 is 0. The zero-order chi connectivity index (χ0) is 13.2. The fourth-order valence-electron chi connectivity index (χ4n) is 2.77. The molecular formula is C17H18N2. The van der Waals surface area contributed by atoms with Crippen molar-refractivity contribution in [2.75, 3.05) is 6.54 Å². The van der Waals surface area contributed by atoms with Crippen molar-refractivity contribution in [2.45, 2.75) is 12.5 Å². The van der Waals surface area contributed by atoms with Crippen LogP contribution in [0.1, 0.15) is 18.0 Å². The highest BCUT2D eigenvalue weighted by atomic mass is 14.7. The van der Waals surface area contributed by atoms with Gasteiger partial charge in [0.2, 0.25) is 0 Å². The highest BCUT2D eigenvalue weighted by Gasteiger charge is 2.13. The average Bonchev–Trinajstić information content (AvgIpc) is 2.44. The van der Waals surface area contributed by atoms with Gasteiger partial charge in [0.05, 0.1) is 0 Å². The van der Waals surface area contributed by atoms with Crippen molar-refractivity contribution < 1.29 is 0 Å². The van der Waals surface area contributed by atoms with Crippen LogP contribution in [0.3, 0.4) is 0 Å². The van der Waals surface area contributed by atoms with Crippen molar-refractivity contribution in [1.82, 2.24) is 0 Å². The molecule has 0 amide bonds. The van der Waals surface area contributed by atoms with E-state index in [-0.39, 0.29) is 6.04 Å². The maximum absolute atomic E-state index is 6.36. The summed E-state index contributed by atoms with van der Waals surface area (Å²) in [4.78, 5) is 0. The summed E-state index contributed by atoms with van der Waals surface area (Å²) in [6, 6.07) is 19.0. The van der Waals surface area contributed by atoms with E-state index in [4.69, 9.17) is 11.5 Å². The number of hydrogen-bond acceptors (Lipinski definition) is 2. The number of rotatable bonds is 3. The van der Waals surface area contributed by atoms with Crippen molar-refractivity contribution in [3.8, 4) is 0 Å². The Labute approximate surface area is 113 Å². The summed E-state index contributed by atoms with van der Waals surface area (Å²) in [5.74, 6) is 0. The van der Waals surface area contributed by atoms with Crippen LogP contribution >= 0.6 is 0 Å². The molecule has 0 aliphatic carbocycles. The van der Waals surface area contributed by atoms with Gasteiger partial charge >= 0.3 is 0 Å². The summed E-state index contributed by atoms with van der Waals surface area (Å²) in [6.45, 7) is 0.610. The van der Waals surface area contributed by atoms with Crippen LogP contribution in [0.5, 0.6) is 0 Å². The van der Waals surface area contributed by atoms with Gasteiger partial charge in [-0.1, -0.05) is 48.5 Å². The Bertz CT molecular complexity index is 665. The van der Waals surface area contributed by atoms with Gasteiger partial charge in [-0.3, -0.25) is 0 Å². The Kier molecular flexibility index (Phi) is 3.20. The fraction of sp³-hybridized carbons (Fsp3) is 0.176. The topological polar surface area (TPSA) is 52.0 Å². The van der Waals surface area contributed by atoms with Crippen molar-refractivity contribution in [1.29, 1.82) is 0 Å². The first kappa shape index (κ1) is 12.2. The molecule has 0 aliphatic rings. The second kappa shape index (κ2) is 5.00. The first-order valence-corrected chi connectivity index (χ1v) is 6.67. The molecule has 0 radical (unpaired) electrons. The molecular weight excluding hydrogens is 232 g/mol. The number of nitrogens with two attached hydrogens (primary N) is 2. The standard InChI is InChI=1S/C17H18N2/c18-10-9-16(19)17-14-7-3-1-5-12(14)11-13-6-2-4-8-15(13)17/h1-8,11,16H,9-10,18-19H2/t16-/m1/s1. The van der Waals surface area contributed by atoms with Crippen molar-refractivity contribution in [3.05, 3.63) is 60.2 Å². The molecule has 4 N–H and O–H groups in total. The molecule has 0 saturated heterocycles. The lowest BCUT2D eigenvalue weighted by Crippen LogP contribution is -2.16. The minimum absolute atomic E-state index is 0.0130. The predicted molar refractivity (Wildman–Crippen MR) is 82.1 cm³/mol. The molecule has 3 aromatic carbocycles. The maximum atomic E-state index is 6.36. The van der Waals surface area contributed by atoms with Crippen molar-refractivity contribution in [2.24, 2.45) is 11.5 Å². The first-order valence-electron chi connectivity index (χ1n) is 6.67. The molecule has 0 aliphatic heterocycles. The maximum Gasteiger partial charge on any atom is 0.0319 e. The predicted octanol–water partition coefficient (Wildman–Crippen LogP) is 3.34. The van der Waals surface area contributed by atoms with Crippen LogP contribution in [0, 0.1) is 0 Å². The van der Waals surface area contributed by atoms with E-state index in [1.54, 1.807) is 0 Å². The quantitative estimate of drug-likeness (QED) is 0.700. The van der Waals surface area contributed by atoms with E-state index in [0.29, 0.717) is 6.54 Å². The summed E-state index contributed by atoms with van der Waals surface area (Å²) in [5.41, 5.74) is 13.3. The lowest BCUT2D eigenvalue weighted by atomic mass is 9.91. The third-order valence-electron chi connectivity index (χ3n) is 3.66. The van der Waals surface area contributed by atoms with Gasteiger partial charge in [-0.15, -0.1) is 0 Å². The minimum Gasteiger partial charge on any atom is -0.330 e. The average molecular weight is 250 g/mol. The van der Waals surface area contributed by atoms with Gasteiger partial charge in [0.15, 0.2) is 0 Å². The van der Waals surface area contributed by atoms with Crippen LogP contribution in [-0.4, -0.2) is 6.54 Å². The fourth-order valence-corrected chi connectivity index (χ4v) is 2.77. The third-order valence-corrected chi connectivity index (χ3v) is 3.66. The Morgan fingerprint density at radius 3 is 1.89 bits per heavy atom. The molecule has 0 saturated carbocycles. The van der Waals surface area contributed by atoms with E-state index in [1.165, 1.54) is 27.1 Å². The molecule has 96 valence electrons. The zero-order valence-corrected chi connectivity index (χ0v) is 10.8. The van der Waals surface area contributed by atoms with E-state index >= 15 is 0 Å². The minimum atomic E-state index is -0.0130.